The molecule has 1 saturated heterocycles. The number of rotatable bonds is 5. The normalized spacial score (nSPS) is 16.6. The van der Waals surface area contributed by atoms with Crippen molar-refractivity contribution in [2.24, 2.45) is 0 Å². The Morgan fingerprint density at radius 1 is 1.33 bits per heavy atom. The van der Waals surface area contributed by atoms with Crippen LogP contribution in [0, 0.1) is 13.8 Å². The van der Waals surface area contributed by atoms with Crippen LogP contribution >= 0.6 is 0 Å². The van der Waals surface area contributed by atoms with Crippen LogP contribution in [0.3, 0.4) is 0 Å². The summed E-state index contributed by atoms with van der Waals surface area (Å²) in [4.78, 5) is 21.0. The molecule has 4 heterocycles. The third kappa shape index (κ3) is 3.59. The summed E-state index contributed by atoms with van der Waals surface area (Å²) in [7, 11) is 0. The van der Waals surface area contributed by atoms with E-state index in [0.717, 1.165) is 25.0 Å². The molecule has 1 N–H and O–H groups in total. The van der Waals surface area contributed by atoms with E-state index in [9.17, 15) is 4.79 Å². The van der Waals surface area contributed by atoms with Gasteiger partial charge < -0.3 is 14.6 Å². The van der Waals surface area contributed by atoms with E-state index in [4.69, 9.17) is 9.26 Å². The molecule has 9 nitrogen and oxygen atoms in total. The molecular weight excluding hydrogens is 348 g/mol. The highest BCUT2D eigenvalue weighted by Crippen LogP contribution is 2.19. The Bertz CT molecular complexity index is 940. The summed E-state index contributed by atoms with van der Waals surface area (Å²) in [5.41, 5.74) is 1.96. The van der Waals surface area contributed by atoms with Crippen molar-refractivity contribution in [2.75, 3.05) is 13.2 Å². The zero-order valence-electron chi connectivity index (χ0n) is 15.2. The van der Waals surface area contributed by atoms with Crippen molar-refractivity contribution in [3.05, 3.63) is 41.6 Å². The van der Waals surface area contributed by atoms with Crippen molar-refractivity contribution < 1.29 is 14.1 Å². The summed E-state index contributed by atoms with van der Waals surface area (Å²) in [5.74, 6) is 1.42. The smallest absolute Gasteiger partial charge is 0.259 e. The first-order chi connectivity index (χ1) is 13.1. The molecule has 0 saturated carbocycles. The number of hydrogen-bond donors (Lipinski definition) is 1. The van der Waals surface area contributed by atoms with E-state index in [0.29, 0.717) is 35.3 Å². The van der Waals surface area contributed by atoms with Crippen LogP contribution in [-0.2, 0) is 4.74 Å². The molecule has 1 unspecified atom stereocenters. The predicted molar refractivity (Wildman–Crippen MR) is 95.4 cm³/mol. The lowest BCUT2D eigenvalue weighted by molar-refractivity contribution is 0.0857. The Labute approximate surface area is 155 Å². The highest BCUT2D eigenvalue weighted by molar-refractivity contribution is 5.95. The minimum absolute atomic E-state index is 0.104. The number of pyridine rings is 1. The van der Waals surface area contributed by atoms with E-state index < -0.39 is 0 Å². The Balaban J connectivity index is 1.48. The minimum Gasteiger partial charge on any atom is -0.376 e. The summed E-state index contributed by atoms with van der Waals surface area (Å²) in [5, 5.41) is 11.0. The fraction of sp³-hybridized carbons (Fsp3) is 0.389. The van der Waals surface area contributed by atoms with Crippen LogP contribution in [0.5, 0.6) is 0 Å². The third-order valence-corrected chi connectivity index (χ3v) is 4.51. The van der Waals surface area contributed by atoms with Crippen molar-refractivity contribution in [1.29, 1.82) is 0 Å². The van der Waals surface area contributed by atoms with Gasteiger partial charge in [-0.2, -0.15) is 10.1 Å². The Kier molecular flexibility index (Phi) is 4.68. The highest BCUT2D eigenvalue weighted by Gasteiger charge is 2.19. The van der Waals surface area contributed by atoms with Gasteiger partial charge in [0.25, 0.3) is 11.8 Å². The molecule has 0 aliphatic carbocycles. The van der Waals surface area contributed by atoms with Crippen molar-refractivity contribution in [3.63, 3.8) is 0 Å². The molecule has 1 aliphatic heterocycles. The molecule has 0 aromatic carbocycles. The van der Waals surface area contributed by atoms with Crippen LogP contribution in [0.1, 0.15) is 34.7 Å². The molecule has 9 heteroatoms. The molecule has 140 valence electrons. The Morgan fingerprint density at radius 3 is 2.89 bits per heavy atom. The molecule has 27 heavy (non-hydrogen) atoms. The van der Waals surface area contributed by atoms with Gasteiger partial charge in [0, 0.05) is 19.3 Å². The number of nitrogens with zero attached hydrogens (tertiary/aromatic N) is 5. The molecule has 1 amide bonds. The number of aryl methyl sites for hydroxylation is 1. The first-order valence-electron chi connectivity index (χ1n) is 8.83. The van der Waals surface area contributed by atoms with Gasteiger partial charge in [-0.05, 0) is 38.8 Å². The van der Waals surface area contributed by atoms with Crippen LogP contribution in [0.4, 0.5) is 0 Å². The standard InChI is InChI=1S/C18H20N6O3/c1-11-15(17(25)20-9-14-4-3-7-26-14)10-21-24(11)16-6-5-13(8-19-16)18-22-12(2)23-27-18/h5-6,8,10,14H,3-4,7,9H2,1-2H3,(H,20,25). The SMILES string of the molecule is Cc1noc(-c2ccc(-n3ncc(C(=O)NCC4CCCO4)c3C)nc2)n1. The molecule has 4 rings (SSSR count). The molecule has 1 atom stereocenters. The van der Waals surface area contributed by atoms with Gasteiger partial charge in [-0.1, -0.05) is 5.16 Å². The lowest BCUT2D eigenvalue weighted by Gasteiger charge is -2.10. The van der Waals surface area contributed by atoms with Gasteiger partial charge in [0.15, 0.2) is 11.6 Å². The van der Waals surface area contributed by atoms with Gasteiger partial charge in [0.2, 0.25) is 0 Å². The van der Waals surface area contributed by atoms with Crippen molar-refractivity contribution in [3.8, 4) is 17.3 Å². The molecule has 3 aromatic heterocycles. The second-order valence-corrected chi connectivity index (χ2v) is 6.45. The number of carbonyl (C=O) groups is 1. The van der Waals surface area contributed by atoms with Crippen molar-refractivity contribution in [2.45, 2.75) is 32.8 Å². The lowest BCUT2D eigenvalue weighted by Crippen LogP contribution is -2.32. The van der Waals surface area contributed by atoms with E-state index in [1.165, 1.54) is 0 Å². The number of nitrogens with one attached hydrogen (secondary N) is 1. The minimum atomic E-state index is -0.160. The summed E-state index contributed by atoms with van der Waals surface area (Å²) in [6.45, 7) is 4.88. The summed E-state index contributed by atoms with van der Waals surface area (Å²) < 4.78 is 12.3. The third-order valence-electron chi connectivity index (χ3n) is 4.51. The van der Waals surface area contributed by atoms with Gasteiger partial charge in [-0.25, -0.2) is 9.67 Å². The molecule has 0 bridgehead atoms. The maximum absolute atomic E-state index is 12.4. The summed E-state index contributed by atoms with van der Waals surface area (Å²) in [6, 6.07) is 3.62. The molecule has 0 radical (unpaired) electrons. The molecular formula is C18H20N6O3. The van der Waals surface area contributed by atoms with Gasteiger partial charge in [0.05, 0.1) is 29.1 Å². The van der Waals surface area contributed by atoms with E-state index in [1.54, 1.807) is 30.1 Å². The zero-order chi connectivity index (χ0) is 18.8. The molecule has 0 spiro atoms. The fourth-order valence-corrected chi connectivity index (χ4v) is 3.02. The monoisotopic (exact) mass is 368 g/mol. The number of amides is 1. The lowest BCUT2D eigenvalue weighted by atomic mass is 10.2. The van der Waals surface area contributed by atoms with E-state index in [1.807, 2.05) is 13.0 Å². The van der Waals surface area contributed by atoms with Crippen LogP contribution in [0.15, 0.2) is 29.0 Å². The number of ether oxygens (including phenoxy) is 1. The van der Waals surface area contributed by atoms with Crippen molar-refractivity contribution in [1.82, 2.24) is 30.2 Å². The van der Waals surface area contributed by atoms with E-state index in [2.05, 4.69) is 25.5 Å². The Hall–Kier alpha value is -3.07. The van der Waals surface area contributed by atoms with Gasteiger partial charge in [-0.3, -0.25) is 4.79 Å². The van der Waals surface area contributed by atoms with Crippen LogP contribution in [-0.4, -0.2) is 50.1 Å². The quantitative estimate of drug-likeness (QED) is 0.732. The van der Waals surface area contributed by atoms with Crippen LogP contribution < -0.4 is 5.32 Å². The van der Waals surface area contributed by atoms with Crippen LogP contribution in [0.25, 0.3) is 17.3 Å². The second-order valence-electron chi connectivity index (χ2n) is 6.45. The predicted octanol–water partition coefficient (Wildman–Crippen LogP) is 1.84. The molecule has 1 aliphatic rings. The maximum atomic E-state index is 12.4. The highest BCUT2D eigenvalue weighted by atomic mass is 16.5. The molecule has 3 aromatic rings. The van der Waals surface area contributed by atoms with E-state index in [-0.39, 0.29) is 12.0 Å². The van der Waals surface area contributed by atoms with Gasteiger partial charge in [-0.15, -0.1) is 0 Å². The fourth-order valence-electron chi connectivity index (χ4n) is 3.02. The number of aromatic nitrogens is 5. The topological polar surface area (TPSA) is 108 Å². The average molecular weight is 368 g/mol. The zero-order valence-corrected chi connectivity index (χ0v) is 15.2. The maximum Gasteiger partial charge on any atom is 0.259 e. The summed E-state index contributed by atoms with van der Waals surface area (Å²) in [6.07, 6.45) is 5.32. The first kappa shape index (κ1) is 17.3. The van der Waals surface area contributed by atoms with Gasteiger partial charge >= 0.3 is 0 Å². The molecule has 1 fully saturated rings. The Morgan fingerprint density at radius 2 is 2.22 bits per heavy atom. The van der Waals surface area contributed by atoms with Crippen LogP contribution in [0.2, 0.25) is 0 Å². The average Bonchev–Trinajstić information content (AvgIpc) is 3.41. The van der Waals surface area contributed by atoms with Crippen molar-refractivity contribution >= 4 is 5.91 Å². The van der Waals surface area contributed by atoms with E-state index >= 15 is 0 Å². The summed E-state index contributed by atoms with van der Waals surface area (Å²) >= 11 is 0. The number of carbonyl (C=O) groups excluding carboxylic acids is 1. The first-order valence-corrected chi connectivity index (χ1v) is 8.83. The van der Waals surface area contributed by atoms with Gasteiger partial charge in [0.1, 0.15) is 0 Å². The number of hydrogen-bond acceptors (Lipinski definition) is 7. The second kappa shape index (κ2) is 7.28. The largest absolute Gasteiger partial charge is 0.376 e.